The smallest absolute Gasteiger partial charge is 0.265 e. The maximum atomic E-state index is 11.5. The van der Waals surface area contributed by atoms with Crippen molar-refractivity contribution in [1.82, 2.24) is 9.97 Å². The monoisotopic (exact) mass is 310 g/mol. The van der Waals surface area contributed by atoms with Gasteiger partial charge >= 0.3 is 0 Å². The molecule has 18 heavy (non-hydrogen) atoms. The minimum Gasteiger partial charge on any atom is -0.493 e. The van der Waals surface area contributed by atoms with E-state index in [9.17, 15) is 4.79 Å². The van der Waals surface area contributed by atoms with Gasteiger partial charge in [-0.25, -0.2) is 4.98 Å². The lowest BCUT2D eigenvalue weighted by molar-refractivity contribution is 0.355. The Bertz CT molecular complexity index is 625. The van der Waals surface area contributed by atoms with Crippen LogP contribution in [-0.2, 0) is 0 Å². The number of hydrogen-bond donors (Lipinski definition) is 1. The van der Waals surface area contributed by atoms with E-state index in [2.05, 4.69) is 25.9 Å². The van der Waals surface area contributed by atoms with Crippen molar-refractivity contribution in [2.75, 3.05) is 14.2 Å². The number of nitrogens with one attached hydrogen (secondary N) is 1. The molecule has 0 aliphatic rings. The van der Waals surface area contributed by atoms with Crippen molar-refractivity contribution in [1.29, 1.82) is 0 Å². The van der Waals surface area contributed by atoms with Crippen LogP contribution in [-0.4, -0.2) is 24.2 Å². The molecule has 0 unspecified atom stereocenters. The van der Waals surface area contributed by atoms with Crippen LogP contribution in [0.2, 0.25) is 0 Å². The molecule has 1 heterocycles. The first-order valence-corrected chi connectivity index (χ1v) is 5.92. The molecule has 0 radical (unpaired) electrons. The van der Waals surface area contributed by atoms with Gasteiger partial charge in [0.25, 0.3) is 5.56 Å². The third-order valence-corrected chi connectivity index (χ3v) is 2.98. The van der Waals surface area contributed by atoms with Gasteiger partial charge in [0.15, 0.2) is 11.5 Å². The van der Waals surface area contributed by atoms with Crippen molar-refractivity contribution in [2.45, 2.75) is 0 Å². The highest BCUT2D eigenvalue weighted by Gasteiger charge is 2.08. The molecular formula is C12H11BrN2O3. The number of rotatable bonds is 3. The number of methoxy groups -OCH3 is 2. The second-order valence-corrected chi connectivity index (χ2v) is 4.33. The summed E-state index contributed by atoms with van der Waals surface area (Å²) in [5.74, 6) is 1.69. The Hall–Kier alpha value is -1.82. The van der Waals surface area contributed by atoms with E-state index < -0.39 is 0 Å². The Balaban J connectivity index is 2.50. The zero-order valence-electron chi connectivity index (χ0n) is 9.86. The van der Waals surface area contributed by atoms with Crippen molar-refractivity contribution in [3.8, 4) is 22.9 Å². The zero-order chi connectivity index (χ0) is 13.1. The first-order valence-electron chi connectivity index (χ1n) is 5.13. The summed E-state index contributed by atoms with van der Waals surface area (Å²) in [6.07, 6.45) is 1.46. The van der Waals surface area contributed by atoms with Crippen LogP contribution in [0.3, 0.4) is 0 Å². The van der Waals surface area contributed by atoms with Gasteiger partial charge in [0.2, 0.25) is 0 Å². The molecule has 5 nitrogen and oxygen atoms in total. The summed E-state index contributed by atoms with van der Waals surface area (Å²) in [5.41, 5.74) is 0.520. The van der Waals surface area contributed by atoms with Crippen LogP contribution in [0.25, 0.3) is 11.4 Å². The van der Waals surface area contributed by atoms with E-state index in [0.717, 1.165) is 5.56 Å². The van der Waals surface area contributed by atoms with Crippen LogP contribution in [0.4, 0.5) is 0 Å². The molecule has 6 heteroatoms. The quantitative estimate of drug-likeness (QED) is 0.944. The number of nitrogens with zero attached hydrogens (tertiary/aromatic N) is 1. The fraction of sp³-hybridized carbons (Fsp3) is 0.167. The third-order valence-electron chi connectivity index (χ3n) is 2.41. The highest BCUT2D eigenvalue weighted by Crippen LogP contribution is 2.30. The van der Waals surface area contributed by atoms with E-state index in [1.54, 1.807) is 32.4 Å². The normalized spacial score (nSPS) is 10.2. The Labute approximate surface area is 112 Å². The number of H-pyrrole nitrogens is 1. The molecule has 0 saturated heterocycles. The minimum atomic E-state index is -0.227. The number of benzene rings is 1. The Kier molecular flexibility index (Phi) is 3.66. The average molecular weight is 311 g/mol. The standard InChI is InChI=1S/C12H11BrN2O3/c1-17-9-4-3-7(5-10(9)18-2)11-14-6-8(13)12(16)15-11/h3-6H,1-2H3,(H,14,15,16). The fourth-order valence-electron chi connectivity index (χ4n) is 1.51. The van der Waals surface area contributed by atoms with Gasteiger partial charge in [0.05, 0.1) is 14.2 Å². The number of ether oxygens (including phenoxy) is 2. The van der Waals surface area contributed by atoms with E-state index in [-0.39, 0.29) is 5.56 Å². The van der Waals surface area contributed by atoms with Gasteiger partial charge < -0.3 is 14.5 Å². The van der Waals surface area contributed by atoms with Crippen LogP contribution < -0.4 is 15.0 Å². The van der Waals surface area contributed by atoms with Crippen LogP contribution in [0.5, 0.6) is 11.5 Å². The van der Waals surface area contributed by atoms with Gasteiger partial charge in [0.1, 0.15) is 10.3 Å². The second kappa shape index (κ2) is 5.22. The molecule has 0 aliphatic heterocycles. The van der Waals surface area contributed by atoms with Gasteiger partial charge in [-0.15, -0.1) is 0 Å². The summed E-state index contributed by atoms with van der Waals surface area (Å²) in [6.45, 7) is 0. The molecule has 1 aromatic heterocycles. The maximum absolute atomic E-state index is 11.5. The van der Waals surface area contributed by atoms with E-state index in [0.29, 0.717) is 21.8 Å². The van der Waals surface area contributed by atoms with Crippen molar-refractivity contribution >= 4 is 15.9 Å². The topological polar surface area (TPSA) is 64.2 Å². The van der Waals surface area contributed by atoms with E-state index in [4.69, 9.17) is 9.47 Å². The summed E-state index contributed by atoms with van der Waals surface area (Å²) >= 11 is 3.10. The minimum absolute atomic E-state index is 0.227. The number of aromatic nitrogens is 2. The molecule has 0 fully saturated rings. The molecule has 0 amide bonds. The van der Waals surface area contributed by atoms with Gasteiger partial charge in [-0.3, -0.25) is 4.79 Å². The summed E-state index contributed by atoms with van der Waals surface area (Å²) < 4.78 is 10.7. The van der Waals surface area contributed by atoms with Gasteiger partial charge in [-0.2, -0.15) is 0 Å². The molecule has 0 aliphatic carbocycles. The van der Waals surface area contributed by atoms with Crippen LogP contribution in [0.15, 0.2) is 33.7 Å². The van der Waals surface area contributed by atoms with Gasteiger partial charge in [-0.05, 0) is 34.1 Å². The molecule has 0 saturated carbocycles. The highest BCUT2D eigenvalue weighted by atomic mass is 79.9. The number of halogens is 1. The van der Waals surface area contributed by atoms with E-state index >= 15 is 0 Å². The Morgan fingerprint density at radius 1 is 1.22 bits per heavy atom. The number of aromatic amines is 1. The SMILES string of the molecule is COc1ccc(-c2ncc(Br)c(=O)[nH]2)cc1OC. The highest BCUT2D eigenvalue weighted by molar-refractivity contribution is 9.10. The second-order valence-electron chi connectivity index (χ2n) is 3.48. The molecule has 0 spiro atoms. The summed E-state index contributed by atoms with van der Waals surface area (Å²) in [4.78, 5) is 18.3. The lowest BCUT2D eigenvalue weighted by Crippen LogP contribution is -2.08. The fourth-order valence-corrected chi connectivity index (χ4v) is 1.71. The molecule has 94 valence electrons. The Morgan fingerprint density at radius 2 is 1.94 bits per heavy atom. The maximum Gasteiger partial charge on any atom is 0.265 e. The van der Waals surface area contributed by atoms with Crippen molar-refractivity contribution < 1.29 is 9.47 Å². The van der Waals surface area contributed by atoms with E-state index in [1.165, 1.54) is 6.20 Å². The Morgan fingerprint density at radius 3 is 2.56 bits per heavy atom. The van der Waals surface area contributed by atoms with Gasteiger partial charge in [0, 0.05) is 11.8 Å². The van der Waals surface area contributed by atoms with Crippen molar-refractivity contribution in [3.05, 3.63) is 39.2 Å². The van der Waals surface area contributed by atoms with Crippen LogP contribution >= 0.6 is 15.9 Å². The lowest BCUT2D eigenvalue weighted by Gasteiger charge is -2.09. The van der Waals surface area contributed by atoms with Crippen LogP contribution in [0.1, 0.15) is 0 Å². The summed E-state index contributed by atoms with van der Waals surface area (Å²) in [5, 5.41) is 0. The van der Waals surface area contributed by atoms with E-state index in [1.807, 2.05) is 0 Å². The van der Waals surface area contributed by atoms with Crippen molar-refractivity contribution in [2.24, 2.45) is 0 Å². The predicted molar refractivity (Wildman–Crippen MR) is 71.1 cm³/mol. The predicted octanol–water partition coefficient (Wildman–Crippen LogP) is 2.22. The summed E-state index contributed by atoms with van der Waals surface area (Å²) in [7, 11) is 3.12. The largest absolute Gasteiger partial charge is 0.493 e. The molecule has 0 atom stereocenters. The molecule has 1 N–H and O–H groups in total. The first kappa shape index (κ1) is 12.6. The molecule has 2 rings (SSSR count). The number of hydrogen-bond acceptors (Lipinski definition) is 4. The van der Waals surface area contributed by atoms with Gasteiger partial charge in [-0.1, -0.05) is 0 Å². The molecule has 0 bridgehead atoms. The molecule has 2 aromatic rings. The molecular weight excluding hydrogens is 300 g/mol. The average Bonchev–Trinajstić information content (AvgIpc) is 2.41. The van der Waals surface area contributed by atoms with Crippen molar-refractivity contribution in [3.63, 3.8) is 0 Å². The zero-order valence-corrected chi connectivity index (χ0v) is 11.4. The first-order chi connectivity index (χ1) is 8.65. The van der Waals surface area contributed by atoms with Crippen LogP contribution in [0, 0.1) is 0 Å². The third kappa shape index (κ3) is 2.38. The lowest BCUT2D eigenvalue weighted by atomic mass is 10.2. The molecule has 1 aromatic carbocycles. The summed E-state index contributed by atoms with van der Waals surface area (Å²) in [6, 6.07) is 5.31.